The number of ether oxygens (including phenoxy) is 1. The van der Waals surface area contributed by atoms with Gasteiger partial charge in [-0.15, -0.1) is 0 Å². The van der Waals surface area contributed by atoms with Crippen molar-refractivity contribution in [1.29, 1.82) is 0 Å². The third kappa shape index (κ3) is 4.48. The highest BCUT2D eigenvalue weighted by Crippen LogP contribution is 2.31. The molecule has 0 saturated carbocycles. The summed E-state index contributed by atoms with van der Waals surface area (Å²) in [4.78, 5) is 6.26. The third-order valence-corrected chi connectivity index (χ3v) is 5.20. The molecular formula is C21H21F4N3O2. The lowest BCUT2D eigenvalue weighted by atomic mass is 10.1. The summed E-state index contributed by atoms with van der Waals surface area (Å²) >= 11 is 0. The van der Waals surface area contributed by atoms with Gasteiger partial charge in [-0.3, -0.25) is 4.90 Å². The van der Waals surface area contributed by atoms with Crippen molar-refractivity contribution in [2.24, 2.45) is 0 Å². The lowest BCUT2D eigenvalue weighted by molar-refractivity contribution is -0.137. The molecule has 0 radical (unpaired) electrons. The number of imidazole rings is 1. The largest absolute Gasteiger partial charge is 0.416 e. The molecule has 1 N–H and O–H groups in total. The second-order valence-electron chi connectivity index (χ2n) is 7.35. The quantitative estimate of drug-likeness (QED) is 0.635. The van der Waals surface area contributed by atoms with Crippen LogP contribution in [0.25, 0.3) is 11.0 Å². The van der Waals surface area contributed by atoms with Gasteiger partial charge >= 0.3 is 6.18 Å². The first-order valence-corrected chi connectivity index (χ1v) is 9.60. The Bertz CT molecular complexity index is 1030. The van der Waals surface area contributed by atoms with Crippen molar-refractivity contribution in [3.63, 3.8) is 0 Å². The van der Waals surface area contributed by atoms with Crippen molar-refractivity contribution in [3.05, 3.63) is 65.2 Å². The molecule has 0 bridgehead atoms. The number of aliphatic hydroxyl groups is 1. The Morgan fingerprint density at radius 2 is 2.00 bits per heavy atom. The van der Waals surface area contributed by atoms with Crippen LogP contribution in [-0.2, 0) is 24.0 Å². The average molecular weight is 423 g/mol. The van der Waals surface area contributed by atoms with E-state index in [-0.39, 0.29) is 24.8 Å². The van der Waals surface area contributed by atoms with Gasteiger partial charge in [0.25, 0.3) is 0 Å². The van der Waals surface area contributed by atoms with Crippen molar-refractivity contribution in [2.75, 3.05) is 26.3 Å². The van der Waals surface area contributed by atoms with Crippen LogP contribution in [0.15, 0.2) is 42.7 Å². The summed E-state index contributed by atoms with van der Waals surface area (Å²) in [6, 6.07) is 8.39. The van der Waals surface area contributed by atoms with E-state index < -0.39 is 17.6 Å². The Balaban J connectivity index is 1.52. The topological polar surface area (TPSA) is 50.5 Å². The van der Waals surface area contributed by atoms with Crippen LogP contribution in [0.2, 0.25) is 0 Å². The maximum Gasteiger partial charge on any atom is 0.416 e. The molecule has 9 heteroatoms. The van der Waals surface area contributed by atoms with Crippen molar-refractivity contribution in [1.82, 2.24) is 14.5 Å². The number of aromatic nitrogens is 2. The second kappa shape index (κ2) is 8.33. The van der Waals surface area contributed by atoms with E-state index in [1.807, 2.05) is 27.7 Å². The SMILES string of the molecule is OCCn1cnc2ccc([C@H]3CN(Cc4cc(F)cc(C(F)(F)F)c4)CCO3)cc21. The van der Waals surface area contributed by atoms with Crippen LogP contribution in [0, 0.1) is 5.82 Å². The van der Waals surface area contributed by atoms with E-state index in [2.05, 4.69) is 4.98 Å². The van der Waals surface area contributed by atoms with E-state index in [0.29, 0.717) is 32.3 Å². The van der Waals surface area contributed by atoms with Crippen LogP contribution >= 0.6 is 0 Å². The molecule has 1 aliphatic rings. The van der Waals surface area contributed by atoms with Crippen molar-refractivity contribution >= 4 is 11.0 Å². The summed E-state index contributed by atoms with van der Waals surface area (Å²) in [5, 5.41) is 9.20. The fraction of sp³-hybridized carbons (Fsp3) is 0.381. The van der Waals surface area contributed by atoms with E-state index >= 15 is 0 Å². The van der Waals surface area contributed by atoms with Crippen LogP contribution in [-0.4, -0.2) is 45.9 Å². The van der Waals surface area contributed by atoms with Crippen LogP contribution in [0.3, 0.4) is 0 Å². The summed E-state index contributed by atoms with van der Waals surface area (Å²) in [5.41, 5.74) is 1.90. The zero-order valence-electron chi connectivity index (χ0n) is 16.1. The molecule has 0 amide bonds. The number of aliphatic hydroxyl groups excluding tert-OH is 1. The standard InChI is InChI=1S/C21H21F4N3O2/c22-17-8-14(7-16(10-17)21(23,24)25)11-27-4-6-30-20(12-27)15-1-2-18-19(9-15)28(3-5-29)13-26-18/h1-2,7-10,13,20,29H,3-6,11-12H2/t20-/m1/s1. The molecule has 2 aromatic carbocycles. The van der Waals surface area contributed by atoms with Gasteiger partial charge in [0, 0.05) is 26.2 Å². The fourth-order valence-corrected chi connectivity index (χ4v) is 3.77. The maximum atomic E-state index is 13.7. The smallest absolute Gasteiger partial charge is 0.395 e. The minimum absolute atomic E-state index is 0.00303. The van der Waals surface area contributed by atoms with E-state index in [0.717, 1.165) is 28.7 Å². The average Bonchev–Trinajstić information content (AvgIpc) is 3.10. The summed E-state index contributed by atoms with van der Waals surface area (Å²) < 4.78 is 60.4. The van der Waals surface area contributed by atoms with Gasteiger partial charge in [0.05, 0.1) is 42.2 Å². The van der Waals surface area contributed by atoms with Crippen LogP contribution in [0.4, 0.5) is 17.6 Å². The molecule has 160 valence electrons. The molecule has 0 unspecified atom stereocenters. The number of hydrogen-bond donors (Lipinski definition) is 1. The molecular weight excluding hydrogens is 402 g/mol. The van der Waals surface area contributed by atoms with Gasteiger partial charge in [-0.2, -0.15) is 13.2 Å². The first-order chi connectivity index (χ1) is 14.3. The van der Waals surface area contributed by atoms with Gasteiger partial charge in [-0.1, -0.05) is 6.07 Å². The van der Waals surface area contributed by atoms with Crippen molar-refractivity contribution < 1.29 is 27.4 Å². The molecule has 1 atom stereocenters. The van der Waals surface area contributed by atoms with Crippen molar-refractivity contribution in [2.45, 2.75) is 25.4 Å². The molecule has 0 aliphatic carbocycles. The number of nitrogens with zero attached hydrogens (tertiary/aromatic N) is 3. The Kier molecular flexibility index (Phi) is 5.77. The molecule has 30 heavy (non-hydrogen) atoms. The monoisotopic (exact) mass is 423 g/mol. The van der Waals surface area contributed by atoms with Crippen molar-refractivity contribution in [3.8, 4) is 0 Å². The Hall–Kier alpha value is -2.49. The zero-order chi connectivity index (χ0) is 21.3. The second-order valence-corrected chi connectivity index (χ2v) is 7.35. The molecule has 1 fully saturated rings. The number of hydrogen-bond acceptors (Lipinski definition) is 4. The van der Waals surface area contributed by atoms with Gasteiger partial charge in [0.15, 0.2) is 0 Å². The minimum Gasteiger partial charge on any atom is -0.395 e. The third-order valence-electron chi connectivity index (χ3n) is 5.20. The van der Waals surface area contributed by atoms with Gasteiger partial charge in [-0.05, 0) is 41.5 Å². The molecule has 1 saturated heterocycles. The van der Waals surface area contributed by atoms with Crippen LogP contribution in [0.5, 0.6) is 0 Å². The number of morpholine rings is 1. The summed E-state index contributed by atoms with van der Waals surface area (Å²) in [6.45, 7) is 2.05. The summed E-state index contributed by atoms with van der Waals surface area (Å²) in [5.74, 6) is -0.896. The zero-order valence-corrected chi connectivity index (χ0v) is 16.1. The summed E-state index contributed by atoms with van der Waals surface area (Å²) in [6.07, 6.45) is -3.19. The van der Waals surface area contributed by atoms with E-state index in [1.165, 1.54) is 0 Å². The van der Waals surface area contributed by atoms with Crippen LogP contribution < -0.4 is 0 Å². The maximum absolute atomic E-state index is 13.7. The molecule has 4 rings (SSSR count). The lowest BCUT2D eigenvalue weighted by Crippen LogP contribution is -2.37. The Morgan fingerprint density at radius 1 is 1.17 bits per heavy atom. The highest BCUT2D eigenvalue weighted by molar-refractivity contribution is 5.76. The Morgan fingerprint density at radius 3 is 2.77 bits per heavy atom. The number of benzene rings is 2. The molecule has 0 spiro atoms. The predicted molar refractivity (Wildman–Crippen MR) is 102 cm³/mol. The highest BCUT2D eigenvalue weighted by atomic mass is 19.4. The van der Waals surface area contributed by atoms with Gasteiger partial charge in [-0.25, -0.2) is 9.37 Å². The normalized spacial score (nSPS) is 18.2. The summed E-state index contributed by atoms with van der Waals surface area (Å²) in [7, 11) is 0. The lowest BCUT2D eigenvalue weighted by Gasteiger charge is -2.33. The number of rotatable bonds is 5. The van der Waals surface area contributed by atoms with Gasteiger partial charge in [0.2, 0.25) is 0 Å². The highest BCUT2D eigenvalue weighted by Gasteiger charge is 2.31. The molecule has 3 aromatic rings. The van der Waals surface area contributed by atoms with Crippen LogP contribution in [0.1, 0.15) is 22.8 Å². The first-order valence-electron chi connectivity index (χ1n) is 9.60. The van der Waals surface area contributed by atoms with Gasteiger partial charge in [0.1, 0.15) is 5.82 Å². The number of halogens is 4. The minimum atomic E-state index is -4.59. The molecule has 5 nitrogen and oxygen atoms in total. The predicted octanol–water partition coefficient (Wildman–Crippen LogP) is 3.76. The number of alkyl halides is 3. The molecule has 2 heterocycles. The van der Waals surface area contributed by atoms with E-state index in [1.54, 1.807) is 6.33 Å². The Labute approximate surface area is 170 Å². The van der Waals surface area contributed by atoms with E-state index in [4.69, 9.17) is 4.74 Å². The van der Waals surface area contributed by atoms with E-state index in [9.17, 15) is 22.7 Å². The number of fused-ring (bicyclic) bond motifs is 1. The fourth-order valence-electron chi connectivity index (χ4n) is 3.77. The first kappa shape index (κ1) is 20.8. The molecule has 1 aliphatic heterocycles. The van der Waals surface area contributed by atoms with Gasteiger partial charge < -0.3 is 14.4 Å². The molecule has 1 aromatic heterocycles.